The number of pyridine rings is 4. The van der Waals surface area contributed by atoms with Gasteiger partial charge in [-0.1, -0.05) is 35.6 Å². The van der Waals surface area contributed by atoms with Gasteiger partial charge in [0, 0.05) is 102 Å². The van der Waals surface area contributed by atoms with Crippen LogP contribution in [0.3, 0.4) is 0 Å². The van der Waals surface area contributed by atoms with Gasteiger partial charge >= 0.3 is 0 Å². The van der Waals surface area contributed by atoms with Crippen LogP contribution >= 0.6 is 33.0 Å². The first-order chi connectivity index (χ1) is 34.3. The van der Waals surface area contributed by atoms with E-state index >= 15 is 0 Å². The van der Waals surface area contributed by atoms with Crippen molar-refractivity contribution >= 4 is 54.0 Å². The fourth-order valence-electron chi connectivity index (χ4n) is 5.94. The summed E-state index contributed by atoms with van der Waals surface area (Å²) in [5.74, 6) is -1.46. The molecule has 2 amide bonds. The van der Waals surface area contributed by atoms with Crippen LogP contribution < -0.4 is 43.0 Å². The Morgan fingerprint density at radius 3 is 1.04 bits per heavy atom. The molecule has 0 fully saturated rings. The molecular weight excluding hydrogens is 1070 g/mol. The van der Waals surface area contributed by atoms with Gasteiger partial charge in [0.05, 0.1) is 52.4 Å². The monoisotopic (exact) mass is 1150 g/mol. The van der Waals surface area contributed by atoms with Crippen molar-refractivity contribution in [3.05, 3.63) is 111 Å². The largest absolute Gasteiger partial charge is 0.503 e. The molecule has 0 aliphatic heterocycles. The second kappa shape index (κ2) is 41.5. The maximum Gasteiger partial charge on any atom is 0.236 e. The summed E-state index contributed by atoms with van der Waals surface area (Å²) in [7, 11) is 10.5. The minimum Gasteiger partial charge on any atom is -0.503 e. The minimum absolute atomic E-state index is 0. The third-order valence-corrected chi connectivity index (χ3v) is 10.8. The smallest absolute Gasteiger partial charge is 0.236 e. The topological polar surface area (TPSA) is 359 Å². The maximum absolute atomic E-state index is 11.8. The number of alkyl halides is 1. The molecule has 0 radical (unpaired) electrons. The van der Waals surface area contributed by atoms with Gasteiger partial charge in [0.15, 0.2) is 23.0 Å². The first kappa shape index (κ1) is 79.2. The molecule has 0 aliphatic carbocycles. The van der Waals surface area contributed by atoms with Gasteiger partial charge in [0.25, 0.3) is 0 Å². The molecule has 2 unspecified atom stereocenters. The Bertz CT molecular complexity index is 2480. The number of carbonyl (C=O) groups excluding carboxylic acids is 2. The molecule has 434 valence electrons. The predicted octanol–water partition coefficient (Wildman–Crippen LogP) is 6.67. The molecule has 13 N–H and O–H groups in total. The van der Waals surface area contributed by atoms with E-state index in [4.69, 9.17) is 26.2 Å². The van der Waals surface area contributed by atoms with E-state index in [9.17, 15) is 49.2 Å². The number of nitriles is 1. The number of hydrogen-bond donors (Lipinski definition) is 13. The van der Waals surface area contributed by atoms with Crippen LogP contribution in [0.15, 0.2) is 44.0 Å². The van der Waals surface area contributed by atoms with Crippen molar-refractivity contribution in [3.8, 4) is 29.1 Å². The number of H-pyrrole nitrogens is 4. The van der Waals surface area contributed by atoms with Crippen LogP contribution in [0, 0.1) is 39.0 Å². The summed E-state index contributed by atoms with van der Waals surface area (Å²) in [5.41, 5.74) is 1.33. The van der Waals surface area contributed by atoms with Crippen LogP contribution in [-0.2, 0) is 18.8 Å². The molecule has 4 rings (SSSR count). The lowest BCUT2D eigenvalue weighted by Gasteiger charge is -2.19. The highest BCUT2D eigenvalue weighted by Crippen LogP contribution is 2.18. The summed E-state index contributed by atoms with van der Waals surface area (Å²) in [6, 6.07) is 0.223. The Labute approximate surface area is 463 Å². The second-order valence-electron chi connectivity index (χ2n) is 16.0. The van der Waals surface area contributed by atoms with Crippen LogP contribution in [-0.4, -0.2) is 112 Å². The number of rotatable bonds is 13. The van der Waals surface area contributed by atoms with Gasteiger partial charge in [-0.3, -0.25) is 39.4 Å². The highest BCUT2D eigenvalue weighted by Gasteiger charge is 2.20. The van der Waals surface area contributed by atoms with Crippen molar-refractivity contribution in [1.82, 2.24) is 46.1 Å². The maximum atomic E-state index is 11.8. The molecule has 26 heteroatoms. The quantitative estimate of drug-likeness (QED) is 0.0491. The normalized spacial score (nSPS) is 12.2. The van der Waals surface area contributed by atoms with Gasteiger partial charge in [-0.15, -0.1) is 11.6 Å². The van der Waals surface area contributed by atoms with Gasteiger partial charge in [0.1, 0.15) is 0 Å². The number of aromatic hydroxyl groups is 4. The van der Waals surface area contributed by atoms with Crippen molar-refractivity contribution < 1.29 is 39.3 Å². The van der Waals surface area contributed by atoms with Gasteiger partial charge in [-0.25, -0.2) is 4.21 Å². The molecule has 6 atom stereocenters. The number of aliphatic hydroxyl groups excluding tert-OH is 1. The Morgan fingerprint density at radius 2 is 0.829 bits per heavy atom. The summed E-state index contributed by atoms with van der Waals surface area (Å²) in [4.78, 5) is 82.4. The van der Waals surface area contributed by atoms with Crippen molar-refractivity contribution in [1.29, 1.82) is 5.26 Å². The summed E-state index contributed by atoms with van der Waals surface area (Å²) in [6.45, 7) is 28.1. The number of amides is 2. The van der Waals surface area contributed by atoms with Crippen molar-refractivity contribution in [3.63, 3.8) is 0 Å². The lowest BCUT2D eigenvalue weighted by Crippen LogP contribution is -2.42. The average molecular weight is 1160 g/mol. The number of aromatic nitrogens is 4. The van der Waals surface area contributed by atoms with E-state index in [1.54, 1.807) is 94.9 Å². The average Bonchev–Trinajstić information content (AvgIpc) is 3.34. The number of hydrogen-bond acceptors (Lipinski definition) is 16. The third kappa shape index (κ3) is 28.4. The zero-order chi connectivity index (χ0) is 58.3. The van der Waals surface area contributed by atoms with E-state index in [0.717, 1.165) is 0 Å². The number of aromatic amines is 4. The molecule has 76 heavy (non-hydrogen) atoms. The molecule has 4 heterocycles. The van der Waals surface area contributed by atoms with Crippen LogP contribution in [0.2, 0.25) is 0 Å². The Morgan fingerprint density at radius 1 is 0.605 bits per heavy atom. The molecule has 0 aliphatic rings. The fourth-order valence-corrected chi connectivity index (χ4v) is 6.10. The second-order valence-corrected chi connectivity index (χ2v) is 19.1. The first-order valence-electron chi connectivity index (χ1n) is 23.0. The van der Waals surface area contributed by atoms with Gasteiger partial charge in [-0.2, -0.15) is 5.26 Å². The van der Waals surface area contributed by atoms with Crippen LogP contribution in [0.4, 0.5) is 0 Å². The summed E-state index contributed by atoms with van der Waals surface area (Å²) >= 11 is 5.70. The molecule has 4 aromatic heterocycles. The SMILES string of the molecule is C.C.CC#N.CCN(CC)CC.CNC(=O)[C@H](C)N[C@@H](C)c1c[nH]c(C)c(O)c1=O.CNC(=O)[C@H](C)N[C@H](C)c1c[nH]c(C)c(O)c1=O.Cc1[nH]cc(C(C)Cl)c(=O)c1O.Cc1[nH]cc(C(C)O)c(=O)c1O.O=S(Cl)Cl. The van der Waals surface area contributed by atoms with E-state index in [0.29, 0.717) is 39.5 Å². The van der Waals surface area contributed by atoms with Crippen LogP contribution in [0.5, 0.6) is 23.0 Å². The number of nitrogens with one attached hydrogen (secondary N) is 8. The Kier molecular flexibility index (Phi) is 43.2. The minimum atomic E-state index is -1.67. The molecule has 22 nitrogen and oxygen atoms in total. The van der Waals surface area contributed by atoms with E-state index < -0.39 is 49.1 Å². The zero-order valence-corrected chi connectivity index (χ0v) is 48.0. The molecule has 0 aromatic carbocycles. The Balaban J connectivity index is -0.000000273. The van der Waals surface area contributed by atoms with Gasteiger partial charge in [-0.05, 0) is 88.9 Å². The van der Waals surface area contributed by atoms with Gasteiger partial charge in [0.2, 0.25) is 42.8 Å². The van der Waals surface area contributed by atoms with Gasteiger partial charge < -0.3 is 61.0 Å². The van der Waals surface area contributed by atoms with Crippen molar-refractivity contribution in [2.45, 2.75) is 147 Å². The Hall–Kier alpha value is -5.71. The highest BCUT2D eigenvalue weighted by atomic mass is 36.0. The van der Waals surface area contributed by atoms with E-state index in [1.165, 1.54) is 45.9 Å². The first-order valence-corrected chi connectivity index (χ1v) is 26.3. The van der Waals surface area contributed by atoms with E-state index in [2.05, 4.69) is 88.2 Å². The molecule has 0 saturated carbocycles. The van der Waals surface area contributed by atoms with E-state index in [-0.39, 0.29) is 72.7 Å². The summed E-state index contributed by atoms with van der Waals surface area (Å²) in [5, 5.41) is 64.6. The number of halogens is 3. The lowest BCUT2D eigenvalue weighted by molar-refractivity contribution is -0.123. The van der Waals surface area contributed by atoms with Crippen molar-refractivity contribution in [2.24, 2.45) is 0 Å². The van der Waals surface area contributed by atoms with Crippen molar-refractivity contribution in [2.75, 3.05) is 33.7 Å². The number of likely N-dealkylation sites (N-methyl/N-ethyl adjacent to an activating group) is 2. The molecule has 0 bridgehead atoms. The lowest BCUT2D eigenvalue weighted by atomic mass is 10.1. The molecule has 0 saturated heterocycles. The van der Waals surface area contributed by atoms with Crippen LogP contribution in [0.1, 0.15) is 153 Å². The zero-order valence-electron chi connectivity index (χ0n) is 44.9. The number of aliphatic hydroxyl groups is 1. The highest BCUT2D eigenvalue weighted by molar-refractivity contribution is 8.26. The fraction of sp³-hybridized carbons (Fsp3) is 0.540. The molecule has 0 spiro atoms. The number of aryl methyl sites for hydroxylation is 4. The number of carbonyl (C=O) groups is 2. The molecule has 4 aromatic rings. The summed E-state index contributed by atoms with van der Waals surface area (Å²) < 4.78 is 9.09. The standard InChI is InChI=1S/2C12H19N3O3.C8H10ClNO2.C8H11NO3.C6H15N.C2H3N.2CH4.Cl2OS/c2*1-6(15-8(3)12(18)13-4)9-5-14-7(2)10(16)11(9)17;1-4(9)6-3-10-5(2)7(11)8(6)12;1-4-7(11)8(12)6(3-9-4)5(2)10;1-4-7(5-2)6-3;1-2-3;;;1-4(2)3/h2*5-6,8,15-16H,1-4H3,(H,13,18)(H,14,17);3-4,11H,1-2H3,(H,10,12);3,5,10-11H,1-2H3,(H,9,12);4-6H2,1-3H3;1H3;2*1H4;/t6-,8+;6-,8-;;;;;;;/m10......./s1. The predicted molar refractivity (Wildman–Crippen MR) is 307 cm³/mol. The van der Waals surface area contributed by atoms with E-state index in [1.807, 2.05) is 0 Å². The number of nitrogens with zero attached hydrogens (tertiary/aromatic N) is 2. The van der Waals surface area contributed by atoms with Crippen LogP contribution in [0.25, 0.3) is 0 Å². The molecular formula is C50H85Cl3N10O12S. The third-order valence-electron chi connectivity index (χ3n) is 10.5. The summed E-state index contributed by atoms with van der Waals surface area (Å²) in [6.07, 6.45) is 5.16.